The molecule has 0 spiro atoms. The Morgan fingerprint density at radius 3 is 2.80 bits per heavy atom. The van der Waals surface area contributed by atoms with Gasteiger partial charge in [0.15, 0.2) is 0 Å². The fourth-order valence-corrected chi connectivity index (χ4v) is 4.87. The molecular formula is C13H16BrClFNO2S. The van der Waals surface area contributed by atoms with Gasteiger partial charge in [-0.1, -0.05) is 22.4 Å². The van der Waals surface area contributed by atoms with Gasteiger partial charge in [0, 0.05) is 22.9 Å². The van der Waals surface area contributed by atoms with Crippen molar-refractivity contribution >= 4 is 37.6 Å². The second-order valence-electron chi connectivity index (χ2n) is 4.82. The normalized spacial score (nSPS) is 21.1. The van der Waals surface area contributed by atoms with Crippen LogP contribution in [0.4, 0.5) is 4.39 Å². The van der Waals surface area contributed by atoms with E-state index in [1.54, 1.807) is 0 Å². The van der Waals surface area contributed by atoms with Crippen molar-refractivity contribution in [2.24, 2.45) is 0 Å². The monoisotopic (exact) mass is 383 g/mol. The highest BCUT2D eigenvalue weighted by atomic mass is 79.9. The maximum atomic E-state index is 14.0. The zero-order chi connectivity index (χ0) is 14.8. The van der Waals surface area contributed by atoms with E-state index >= 15 is 0 Å². The minimum absolute atomic E-state index is 0.130. The van der Waals surface area contributed by atoms with Gasteiger partial charge in [-0.15, -0.1) is 11.6 Å². The van der Waals surface area contributed by atoms with Crippen LogP contribution in [0, 0.1) is 5.82 Å². The average Bonchev–Trinajstić information content (AvgIpc) is 2.39. The standard InChI is InChI=1S/C13H16BrClFNO2S/c14-10-4-5-13(12(16)9-10)20(18,19)17-8-2-1-3-11(17)6-7-15/h4-5,9,11H,1-3,6-8H2. The number of sulfonamides is 1. The Morgan fingerprint density at radius 1 is 1.40 bits per heavy atom. The number of rotatable bonds is 4. The van der Waals surface area contributed by atoms with Crippen LogP contribution in [0.15, 0.2) is 27.6 Å². The summed E-state index contributed by atoms with van der Waals surface area (Å²) in [6.45, 7) is 0.430. The summed E-state index contributed by atoms with van der Waals surface area (Å²) in [5, 5.41) is 0. The average molecular weight is 385 g/mol. The predicted molar refractivity (Wildman–Crippen MR) is 81.0 cm³/mol. The molecule has 1 aromatic rings. The first kappa shape index (κ1) is 16.2. The highest BCUT2D eigenvalue weighted by molar-refractivity contribution is 9.10. The van der Waals surface area contributed by atoms with E-state index in [4.69, 9.17) is 11.6 Å². The Bertz CT molecular complexity index is 580. The van der Waals surface area contributed by atoms with Gasteiger partial charge in [0.2, 0.25) is 10.0 Å². The molecule has 1 atom stereocenters. The lowest BCUT2D eigenvalue weighted by molar-refractivity contribution is 0.247. The SMILES string of the molecule is O=S(=O)(c1ccc(Br)cc1F)N1CCCCC1CCCl. The Kier molecular flexibility index (Phi) is 5.45. The molecule has 1 aliphatic rings. The Morgan fingerprint density at radius 2 is 2.15 bits per heavy atom. The molecule has 0 aliphatic carbocycles. The van der Waals surface area contributed by atoms with E-state index in [9.17, 15) is 12.8 Å². The first-order chi connectivity index (χ1) is 9.46. The van der Waals surface area contributed by atoms with Crippen LogP contribution in [0.1, 0.15) is 25.7 Å². The fourth-order valence-electron chi connectivity index (χ4n) is 2.52. The molecule has 0 aromatic heterocycles. The van der Waals surface area contributed by atoms with Gasteiger partial charge in [0.25, 0.3) is 0 Å². The van der Waals surface area contributed by atoms with Gasteiger partial charge < -0.3 is 0 Å². The lowest BCUT2D eigenvalue weighted by atomic mass is 10.0. The third kappa shape index (κ3) is 3.35. The summed E-state index contributed by atoms with van der Waals surface area (Å²) in [6, 6.07) is 3.89. The number of alkyl halides is 1. The van der Waals surface area contributed by atoms with Gasteiger partial charge in [0.1, 0.15) is 10.7 Å². The molecule has 20 heavy (non-hydrogen) atoms. The Labute approximate surface area is 132 Å². The molecule has 1 aliphatic heterocycles. The van der Waals surface area contributed by atoms with Crippen LogP contribution < -0.4 is 0 Å². The molecule has 1 unspecified atom stereocenters. The summed E-state index contributed by atoms with van der Waals surface area (Å²) in [5.74, 6) is -0.325. The molecule has 0 bridgehead atoms. The van der Waals surface area contributed by atoms with E-state index in [0.717, 1.165) is 19.3 Å². The summed E-state index contributed by atoms with van der Waals surface area (Å²) in [7, 11) is -3.80. The number of hydrogen-bond acceptors (Lipinski definition) is 2. The van der Waals surface area contributed by atoms with Crippen LogP contribution in [0.5, 0.6) is 0 Å². The highest BCUT2D eigenvalue weighted by Crippen LogP contribution is 2.29. The number of halogens is 3. The van der Waals surface area contributed by atoms with Crippen molar-refractivity contribution in [1.29, 1.82) is 0 Å². The van der Waals surface area contributed by atoms with Crippen molar-refractivity contribution in [3.05, 3.63) is 28.5 Å². The molecule has 112 valence electrons. The summed E-state index contributed by atoms with van der Waals surface area (Å²) in [6.07, 6.45) is 3.16. The zero-order valence-corrected chi connectivity index (χ0v) is 14.0. The predicted octanol–water partition coefficient (Wildman–Crippen LogP) is 3.76. The van der Waals surface area contributed by atoms with Crippen LogP contribution in [-0.2, 0) is 10.0 Å². The quantitative estimate of drug-likeness (QED) is 0.741. The number of hydrogen-bond donors (Lipinski definition) is 0. The minimum Gasteiger partial charge on any atom is -0.207 e. The van der Waals surface area contributed by atoms with Crippen LogP contribution >= 0.6 is 27.5 Å². The fraction of sp³-hybridized carbons (Fsp3) is 0.538. The number of nitrogens with zero attached hydrogens (tertiary/aromatic N) is 1. The van der Waals surface area contributed by atoms with Gasteiger partial charge in [-0.05, 0) is 37.5 Å². The maximum Gasteiger partial charge on any atom is 0.246 e. The van der Waals surface area contributed by atoms with E-state index < -0.39 is 15.8 Å². The molecule has 1 aromatic carbocycles. The number of benzene rings is 1. The molecule has 1 heterocycles. The van der Waals surface area contributed by atoms with E-state index in [-0.39, 0.29) is 10.9 Å². The van der Waals surface area contributed by atoms with Crippen LogP contribution in [0.25, 0.3) is 0 Å². The van der Waals surface area contributed by atoms with Crippen molar-refractivity contribution in [2.45, 2.75) is 36.6 Å². The minimum atomic E-state index is -3.80. The molecule has 1 fully saturated rings. The molecular weight excluding hydrogens is 369 g/mol. The molecule has 0 amide bonds. The molecule has 3 nitrogen and oxygen atoms in total. The first-order valence-electron chi connectivity index (χ1n) is 6.49. The lowest BCUT2D eigenvalue weighted by Crippen LogP contribution is -2.44. The largest absolute Gasteiger partial charge is 0.246 e. The van der Waals surface area contributed by atoms with Crippen molar-refractivity contribution in [3.8, 4) is 0 Å². The molecule has 0 saturated carbocycles. The second kappa shape index (κ2) is 6.73. The van der Waals surface area contributed by atoms with E-state index in [0.29, 0.717) is 23.3 Å². The van der Waals surface area contributed by atoms with Crippen LogP contribution in [0.3, 0.4) is 0 Å². The summed E-state index contributed by atoms with van der Waals surface area (Å²) >= 11 is 8.88. The Hall–Kier alpha value is -0.170. The maximum absolute atomic E-state index is 14.0. The van der Waals surface area contributed by atoms with Gasteiger partial charge >= 0.3 is 0 Å². The topological polar surface area (TPSA) is 37.4 Å². The van der Waals surface area contributed by atoms with Crippen LogP contribution in [-0.4, -0.2) is 31.2 Å². The van der Waals surface area contributed by atoms with E-state index in [2.05, 4.69) is 15.9 Å². The van der Waals surface area contributed by atoms with Gasteiger partial charge in [-0.3, -0.25) is 0 Å². The van der Waals surface area contributed by atoms with Crippen molar-refractivity contribution < 1.29 is 12.8 Å². The Balaban J connectivity index is 2.37. The third-order valence-corrected chi connectivity index (χ3v) is 6.19. The van der Waals surface area contributed by atoms with E-state index in [1.165, 1.54) is 22.5 Å². The summed E-state index contributed by atoms with van der Waals surface area (Å²) < 4.78 is 41.1. The van der Waals surface area contributed by atoms with Gasteiger partial charge in [-0.2, -0.15) is 4.31 Å². The molecule has 0 N–H and O–H groups in total. The molecule has 1 saturated heterocycles. The molecule has 7 heteroatoms. The lowest BCUT2D eigenvalue weighted by Gasteiger charge is -2.34. The van der Waals surface area contributed by atoms with E-state index in [1.807, 2.05) is 0 Å². The number of piperidine rings is 1. The summed E-state index contributed by atoms with van der Waals surface area (Å²) in [5.41, 5.74) is 0. The second-order valence-corrected chi connectivity index (χ2v) is 7.97. The van der Waals surface area contributed by atoms with Crippen LogP contribution in [0.2, 0.25) is 0 Å². The molecule has 2 rings (SSSR count). The van der Waals surface area contributed by atoms with Gasteiger partial charge in [0.05, 0.1) is 0 Å². The molecule has 0 radical (unpaired) electrons. The van der Waals surface area contributed by atoms with Crippen molar-refractivity contribution in [1.82, 2.24) is 4.31 Å². The van der Waals surface area contributed by atoms with Crippen molar-refractivity contribution in [2.75, 3.05) is 12.4 Å². The van der Waals surface area contributed by atoms with Gasteiger partial charge in [-0.25, -0.2) is 12.8 Å². The van der Waals surface area contributed by atoms with Crippen molar-refractivity contribution in [3.63, 3.8) is 0 Å². The third-order valence-electron chi connectivity index (χ3n) is 3.50. The highest BCUT2D eigenvalue weighted by Gasteiger charge is 2.34. The summed E-state index contributed by atoms with van der Waals surface area (Å²) in [4.78, 5) is -0.262. The first-order valence-corrected chi connectivity index (χ1v) is 9.26. The zero-order valence-electron chi connectivity index (χ0n) is 10.9. The smallest absolute Gasteiger partial charge is 0.207 e.